The van der Waals surface area contributed by atoms with Crippen molar-refractivity contribution in [1.29, 1.82) is 0 Å². The van der Waals surface area contributed by atoms with Crippen molar-refractivity contribution in [2.45, 2.75) is 11.8 Å². The van der Waals surface area contributed by atoms with Crippen LogP contribution in [0.1, 0.15) is 15.9 Å². The fourth-order valence-corrected chi connectivity index (χ4v) is 2.91. The maximum absolute atomic E-state index is 12.2. The van der Waals surface area contributed by atoms with Crippen molar-refractivity contribution >= 4 is 21.7 Å². The van der Waals surface area contributed by atoms with Crippen molar-refractivity contribution < 1.29 is 23.4 Å². The van der Waals surface area contributed by atoms with E-state index in [1.54, 1.807) is 19.1 Å². The topological polar surface area (TPSA) is 104 Å². The van der Waals surface area contributed by atoms with Gasteiger partial charge in [0.1, 0.15) is 5.75 Å². The van der Waals surface area contributed by atoms with E-state index in [0.29, 0.717) is 0 Å². The summed E-state index contributed by atoms with van der Waals surface area (Å²) in [6.45, 7) is 1.75. The molecule has 0 saturated carbocycles. The van der Waals surface area contributed by atoms with E-state index in [1.807, 2.05) is 0 Å². The summed E-state index contributed by atoms with van der Waals surface area (Å²) in [7, 11) is -3.90. The van der Waals surface area contributed by atoms with Gasteiger partial charge in [-0.1, -0.05) is 12.1 Å². The molecule has 2 aromatic rings. The number of phenols is 1. The average Bonchev–Trinajstić information content (AvgIpc) is 2.41. The highest BCUT2D eigenvalue weighted by molar-refractivity contribution is 7.92. The highest BCUT2D eigenvalue weighted by Crippen LogP contribution is 2.27. The lowest BCUT2D eigenvalue weighted by molar-refractivity contribution is 0.0697. The average molecular weight is 307 g/mol. The van der Waals surface area contributed by atoms with Gasteiger partial charge in [0.2, 0.25) is 0 Å². The van der Waals surface area contributed by atoms with E-state index in [4.69, 9.17) is 5.11 Å². The molecular weight excluding hydrogens is 294 g/mol. The minimum atomic E-state index is -3.90. The van der Waals surface area contributed by atoms with Crippen LogP contribution in [0.15, 0.2) is 47.4 Å². The van der Waals surface area contributed by atoms with E-state index in [0.717, 1.165) is 17.7 Å². The summed E-state index contributed by atoms with van der Waals surface area (Å²) in [4.78, 5) is 10.9. The van der Waals surface area contributed by atoms with Crippen LogP contribution in [0.3, 0.4) is 0 Å². The largest absolute Gasteiger partial charge is 0.506 e. The summed E-state index contributed by atoms with van der Waals surface area (Å²) in [6.07, 6.45) is 0. The van der Waals surface area contributed by atoms with Crippen LogP contribution in [0.2, 0.25) is 0 Å². The third-order valence-electron chi connectivity index (χ3n) is 2.79. The van der Waals surface area contributed by atoms with Crippen LogP contribution in [0.25, 0.3) is 0 Å². The van der Waals surface area contributed by atoms with Crippen LogP contribution in [-0.4, -0.2) is 24.6 Å². The molecule has 0 saturated heterocycles. The van der Waals surface area contributed by atoms with Gasteiger partial charge in [-0.2, -0.15) is 0 Å². The Hall–Kier alpha value is -2.54. The Kier molecular flexibility index (Phi) is 3.86. The monoisotopic (exact) mass is 307 g/mol. The molecule has 110 valence electrons. The van der Waals surface area contributed by atoms with Crippen LogP contribution in [0.5, 0.6) is 5.75 Å². The zero-order valence-corrected chi connectivity index (χ0v) is 11.9. The smallest absolute Gasteiger partial charge is 0.335 e. The van der Waals surface area contributed by atoms with Crippen molar-refractivity contribution in [2.75, 3.05) is 4.72 Å². The zero-order chi connectivity index (χ0) is 15.6. The fraction of sp³-hybridized carbons (Fsp3) is 0.0714. The number of carbonyl (C=O) groups is 1. The van der Waals surface area contributed by atoms with Gasteiger partial charge in [0.05, 0.1) is 16.1 Å². The van der Waals surface area contributed by atoms with Crippen LogP contribution in [0, 0.1) is 6.92 Å². The first-order chi connectivity index (χ1) is 9.79. The predicted octanol–water partition coefficient (Wildman–Crippen LogP) is 2.20. The first-order valence-corrected chi connectivity index (χ1v) is 7.44. The van der Waals surface area contributed by atoms with Gasteiger partial charge >= 0.3 is 5.97 Å². The summed E-state index contributed by atoms with van der Waals surface area (Å²) in [5, 5.41) is 18.6. The van der Waals surface area contributed by atoms with Gasteiger partial charge in [-0.15, -0.1) is 0 Å². The molecule has 0 aliphatic rings. The lowest BCUT2D eigenvalue weighted by atomic mass is 10.2. The first kappa shape index (κ1) is 14.9. The summed E-state index contributed by atoms with van der Waals surface area (Å²) >= 11 is 0. The lowest BCUT2D eigenvalue weighted by Gasteiger charge is -2.10. The van der Waals surface area contributed by atoms with E-state index in [9.17, 15) is 18.3 Å². The molecule has 0 amide bonds. The number of hydrogen-bond donors (Lipinski definition) is 3. The molecule has 0 radical (unpaired) electrons. The van der Waals surface area contributed by atoms with Gasteiger partial charge in [0.15, 0.2) is 0 Å². The first-order valence-electron chi connectivity index (χ1n) is 5.95. The number of carboxylic acid groups (broad SMARTS) is 1. The number of rotatable bonds is 4. The van der Waals surface area contributed by atoms with Crippen LogP contribution in [-0.2, 0) is 10.0 Å². The molecule has 7 heteroatoms. The zero-order valence-electron chi connectivity index (χ0n) is 11.1. The van der Waals surface area contributed by atoms with Crippen LogP contribution in [0.4, 0.5) is 5.69 Å². The lowest BCUT2D eigenvalue weighted by Crippen LogP contribution is -2.13. The SMILES string of the molecule is Cc1cccc(S(=O)(=O)Nc2cc(C(=O)O)ccc2O)c1. The van der Waals surface area contributed by atoms with E-state index in [1.165, 1.54) is 18.2 Å². The molecule has 0 spiro atoms. The summed E-state index contributed by atoms with van der Waals surface area (Å²) in [5.74, 6) is -1.57. The second-order valence-electron chi connectivity index (χ2n) is 4.46. The third-order valence-corrected chi connectivity index (χ3v) is 4.15. The molecule has 3 N–H and O–H groups in total. The van der Waals surface area contributed by atoms with Crippen molar-refractivity contribution in [1.82, 2.24) is 0 Å². The number of sulfonamides is 1. The molecule has 0 aliphatic heterocycles. The second-order valence-corrected chi connectivity index (χ2v) is 6.14. The minimum Gasteiger partial charge on any atom is -0.506 e. The van der Waals surface area contributed by atoms with Crippen LogP contribution < -0.4 is 4.72 Å². The highest BCUT2D eigenvalue weighted by Gasteiger charge is 2.17. The Balaban J connectivity index is 2.41. The number of carboxylic acids is 1. The number of nitrogens with one attached hydrogen (secondary N) is 1. The fourth-order valence-electron chi connectivity index (χ4n) is 1.74. The number of aryl methyl sites for hydroxylation is 1. The number of benzene rings is 2. The van der Waals surface area contributed by atoms with Gasteiger partial charge in [-0.25, -0.2) is 13.2 Å². The van der Waals surface area contributed by atoms with Gasteiger partial charge < -0.3 is 10.2 Å². The Bertz CT molecular complexity index is 799. The summed E-state index contributed by atoms with van der Waals surface area (Å²) in [5.41, 5.74) is 0.451. The quantitative estimate of drug-likeness (QED) is 0.751. The molecule has 0 fully saturated rings. The maximum Gasteiger partial charge on any atom is 0.335 e. The summed E-state index contributed by atoms with van der Waals surface area (Å²) in [6, 6.07) is 9.59. The molecule has 0 bridgehead atoms. The number of aromatic hydroxyl groups is 1. The number of anilines is 1. The van der Waals surface area contributed by atoms with Gasteiger partial charge in [-0.05, 0) is 42.8 Å². The second kappa shape index (κ2) is 5.45. The minimum absolute atomic E-state index is 0.0302. The van der Waals surface area contributed by atoms with Crippen molar-refractivity contribution in [2.24, 2.45) is 0 Å². The Morgan fingerprint density at radius 3 is 2.48 bits per heavy atom. The summed E-state index contributed by atoms with van der Waals surface area (Å²) < 4.78 is 26.6. The van der Waals surface area contributed by atoms with Crippen LogP contribution >= 0.6 is 0 Å². The molecule has 2 aromatic carbocycles. The Morgan fingerprint density at radius 1 is 1.14 bits per heavy atom. The molecule has 6 nitrogen and oxygen atoms in total. The Labute approximate surface area is 121 Å². The van der Waals surface area contributed by atoms with E-state index < -0.39 is 16.0 Å². The molecule has 0 aromatic heterocycles. The van der Waals surface area contributed by atoms with Crippen molar-refractivity contribution in [3.05, 3.63) is 53.6 Å². The maximum atomic E-state index is 12.2. The molecular formula is C14H13NO5S. The van der Waals surface area contributed by atoms with E-state index in [2.05, 4.69) is 4.72 Å². The number of aromatic carboxylic acids is 1. The third kappa shape index (κ3) is 3.32. The van der Waals surface area contributed by atoms with Gasteiger partial charge in [0, 0.05) is 0 Å². The molecule has 0 heterocycles. The molecule has 0 atom stereocenters. The van der Waals surface area contributed by atoms with Crippen molar-refractivity contribution in [3.63, 3.8) is 0 Å². The predicted molar refractivity (Wildman–Crippen MR) is 77.1 cm³/mol. The van der Waals surface area contributed by atoms with E-state index in [-0.39, 0.29) is 21.9 Å². The van der Waals surface area contributed by atoms with E-state index >= 15 is 0 Å². The Morgan fingerprint density at radius 2 is 1.86 bits per heavy atom. The van der Waals surface area contributed by atoms with Crippen molar-refractivity contribution in [3.8, 4) is 5.75 Å². The molecule has 21 heavy (non-hydrogen) atoms. The number of phenolic OH excluding ortho intramolecular Hbond substituents is 1. The highest BCUT2D eigenvalue weighted by atomic mass is 32.2. The molecule has 2 rings (SSSR count). The molecule has 0 unspecified atom stereocenters. The number of hydrogen-bond acceptors (Lipinski definition) is 4. The normalized spacial score (nSPS) is 11.1. The molecule has 0 aliphatic carbocycles. The standard InChI is InChI=1S/C14H13NO5S/c1-9-3-2-4-11(7-9)21(19,20)15-12-8-10(14(17)18)5-6-13(12)16/h2-8,15-16H,1H3,(H,17,18). The van der Waals surface area contributed by atoms with Gasteiger partial charge in [0.25, 0.3) is 10.0 Å². The van der Waals surface area contributed by atoms with Gasteiger partial charge in [-0.3, -0.25) is 4.72 Å².